The van der Waals surface area contributed by atoms with Crippen LogP contribution in [-0.4, -0.2) is 30.1 Å². The summed E-state index contributed by atoms with van der Waals surface area (Å²) in [4.78, 5) is 24.4. The molecule has 1 aromatic carbocycles. The van der Waals surface area contributed by atoms with Crippen molar-refractivity contribution in [2.45, 2.75) is 40.0 Å². The van der Waals surface area contributed by atoms with Gasteiger partial charge in [-0.2, -0.15) is 0 Å². The van der Waals surface area contributed by atoms with E-state index < -0.39 is 5.97 Å². The number of hydrogen-bond acceptors (Lipinski definition) is 3. The molecule has 0 aliphatic rings. The molecule has 116 valence electrons. The summed E-state index contributed by atoms with van der Waals surface area (Å²) in [5.41, 5.74) is 2.93. The van der Waals surface area contributed by atoms with E-state index in [9.17, 15) is 9.59 Å². The van der Waals surface area contributed by atoms with Gasteiger partial charge in [0.05, 0.1) is 0 Å². The Bertz CT molecular complexity index is 496. The van der Waals surface area contributed by atoms with Gasteiger partial charge in [-0.25, -0.2) is 0 Å². The van der Waals surface area contributed by atoms with Gasteiger partial charge in [0.2, 0.25) is 5.91 Å². The van der Waals surface area contributed by atoms with Gasteiger partial charge in [0.25, 0.3) is 0 Å². The number of nitrogens with zero attached hydrogens (tertiary/aromatic N) is 1. The highest BCUT2D eigenvalue weighted by Crippen LogP contribution is 2.22. The maximum Gasteiger partial charge on any atom is 0.303 e. The second kappa shape index (κ2) is 8.29. The van der Waals surface area contributed by atoms with E-state index in [0.717, 1.165) is 30.0 Å². The highest BCUT2D eigenvalue weighted by Gasteiger charge is 2.08. The first kappa shape index (κ1) is 17.0. The Morgan fingerprint density at radius 2 is 1.86 bits per heavy atom. The van der Waals surface area contributed by atoms with Crippen LogP contribution in [0.5, 0.6) is 0 Å². The van der Waals surface area contributed by atoms with Gasteiger partial charge in [0.15, 0.2) is 0 Å². The SMILES string of the molecule is CCN(CC)c1ccc(NC(=O)CCCC(=O)O)c(C)c1. The van der Waals surface area contributed by atoms with Crippen LogP contribution in [0.4, 0.5) is 11.4 Å². The molecule has 0 aliphatic carbocycles. The van der Waals surface area contributed by atoms with E-state index in [1.807, 2.05) is 19.1 Å². The summed E-state index contributed by atoms with van der Waals surface area (Å²) in [5.74, 6) is -1.02. The number of carbonyl (C=O) groups excluding carboxylic acids is 1. The summed E-state index contributed by atoms with van der Waals surface area (Å²) in [5, 5.41) is 11.4. The molecule has 0 aromatic heterocycles. The van der Waals surface area contributed by atoms with Crippen LogP contribution in [0.1, 0.15) is 38.7 Å². The second-order valence-corrected chi connectivity index (χ2v) is 4.97. The van der Waals surface area contributed by atoms with Gasteiger partial charge in [0, 0.05) is 37.3 Å². The quantitative estimate of drug-likeness (QED) is 0.772. The van der Waals surface area contributed by atoms with Crippen molar-refractivity contribution < 1.29 is 14.7 Å². The van der Waals surface area contributed by atoms with Crippen molar-refractivity contribution in [3.8, 4) is 0 Å². The molecule has 1 amide bonds. The minimum absolute atomic E-state index is 0.0211. The van der Waals surface area contributed by atoms with E-state index >= 15 is 0 Å². The average Bonchev–Trinajstić information content (AvgIpc) is 2.42. The number of carbonyl (C=O) groups is 2. The zero-order valence-corrected chi connectivity index (χ0v) is 13.0. The molecule has 5 heteroatoms. The standard InChI is InChI=1S/C16H24N2O3/c1-4-18(5-2)13-9-10-14(12(3)11-13)17-15(19)7-6-8-16(20)21/h9-11H,4-8H2,1-3H3,(H,17,19)(H,20,21). The fraction of sp³-hybridized carbons (Fsp3) is 0.500. The minimum atomic E-state index is -0.873. The molecule has 0 bridgehead atoms. The maximum atomic E-state index is 11.8. The van der Waals surface area contributed by atoms with Gasteiger partial charge >= 0.3 is 5.97 Å². The molecule has 1 aromatic rings. The predicted octanol–water partition coefficient (Wildman–Crippen LogP) is 3.03. The van der Waals surface area contributed by atoms with Crippen LogP contribution in [0.2, 0.25) is 0 Å². The van der Waals surface area contributed by atoms with Gasteiger partial charge in [-0.05, 0) is 51.0 Å². The number of carboxylic acids is 1. The average molecular weight is 292 g/mol. The van der Waals surface area contributed by atoms with E-state index in [1.54, 1.807) is 0 Å². The van der Waals surface area contributed by atoms with Crippen LogP contribution in [0.3, 0.4) is 0 Å². The second-order valence-electron chi connectivity index (χ2n) is 4.97. The van der Waals surface area contributed by atoms with Crippen LogP contribution >= 0.6 is 0 Å². The number of aryl methyl sites for hydroxylation is 1. The van der Waals surface area contributed by atoms with Crippen LogP contribution in [0, 0.1) is 6.92 Å². The Kier molecular flexibility index (Phi) is 6.72. The number of hydrogen-bond donors (Lipinski definition) is 2. The topological polar surface area (TPSA) is 69.6 Å². The van der Waals surface area contributed by atoms with Gasteiger partial charge in [-0.3, -0.25) is 9.59 Å². The van der Waals surface area contributed by atoms with Crippen molar-refractivity contribution in [2.75, 3.05) is 23.3 Å². The summed E-state index contributed by atoms with van der Waals surface area (Å²) >= 11 is 0. The highest BCUT2D eigenvalue weighted by atomic mass is 16.4. The fourth-order valence-corrected chi connectivity index (χ4v) is 2.19. The molecule has 5 nitrogen and oxygen atoms in total. The lowest BCUT2D eigenvalue weighted by molar-refractivity contribution is -0.137. The normalized spacial score (nSPS) is 10.2. The zero-order chi connectivity index (χ0) is 15.8. The van der Waals surface area contributed by atoms with Gasteiger partial charge in [0.1, 0.15) is 0 Å². The lowest BCUT2D eigenvalue weighted by atomic mass is 10.1. The lowest BCUT2D eigenvalue weighted by Crippen LogP contribution is -2.22. The van der Waals surface area contributed by atoms with E-state index in [-0.39, 0.29) is 18.7 Å². The molecule has 0 heterocycles. The number of aliphatic carboxylic acids is 1. The molecule has 0 spiro atoms. The van der Waals surface area contributed by atoms with Gasteiger partial charge in [-0.15, -0.1) is 0 Å². The van der Waals surface area contributed by atoms with Crippen LogP contribution in [-0.2, 0) is 9.59 Å². The largest absolute Gasteiger partial charge is 0.481 e. The Labute approximate surface area is 126 Å². The van der Waals surface area contributed by atoms with Crippen molar-refractivity contribution in [3.05, 3.63) is 23.8 Å². The van der Waals surface area contributed by atoms with Crippen molar-refractivity contribution in [3.63, 3.8) is 0 Å². The van der Waals surface area contributed by atoms with Crippen LogP contribution in [0.25, 0.3) is 0 Å². The molecule has 21 heavy (non-hydrogen) atoms. The summed E-state index contributed by atoms with van der Waals surface area (Å²) in [6, 6.07) is 5.95. The van der Waals surface area contributed by atoms with E-state index in [1.165, 1.54) is 0 Å². The third-order valence-electron chi connectivity index (χ3n) is 3.41. The minimum Gasteiger partial charge on any atom is -0.481 e. The molecular weight excluding hydrogens is 268 g/mol. The third kappa shape index (κ3) is 5.45. The first-order valence-corrected chi connectivity index (χ1v) is 7.35. The van der Waals surface area contributed by atoms with E-state index in [2.05, 4.69) is 30.1 Å². The number of nitrogens with one attached hydrogen (secondary N) is 1. The Morgan fingerprint density at radius 3 is 2.38 bits per heavy atom. The molecule has 0 radical (unpaired) electrons. The first-order chi connectivity index (χ1) is 9.97. The monoisotopic (exact) mass is 292 g/mol. The summed E-state index contributed by atoms with van der Waals surface area (Å²) < 4.78 is 0. The van der Waals surface area contributed by atoms with Crippen molar-refractivity contribution >= 4 is 23.3 Å². The number of anilines is 2. The lowest BCUT2D eigenvalue weighted by Gasteiger charge is -2.22. The fourth-order valence-electron chi connectivity index (χ4n) is 2.19. The smallest absolute Gasteiger partial charge is 0.303 e. The van der Waals surface area contributed by atoms with Crippen LogP contribution in [0.15, 0.2) is 18.2 Å². The number of benzene rings is 1. The molecule has 0 aliphatic heterocycles. The molecule has 2 N–H and O–H groups in total. The number of carboxylic acid groups (broad SMARTS) is 1. The third-order valence-corrected chi connectivity index (χ3v) is 3.41. The van der Waals surface area contributed by atoms with Crippen molar-refractivity contribution in [1.82, 2.24) is 0 Å². The molecule has 0 atom stereocenters. The van der Waals surface area contributed by atoms with E-state index in [4.69, 9.17) is 5.11 Å². The Hall–Kier alpha value is -2.04. The predicted molar refractivity (Wildman–Crippen MR) is 84.9 cm³/mol. The highest BCUT2D eigenvalue weighted by molar-refractivity contribution is 5.91. The zero-order valence-electron chi connectivity index (χ0n) is 13.0. The van der Waals surface area contributed by atoms with E-state index in [0.29, 0.717) is 6.42 Å². The summed E-state index contributed by atoms with van der Waals surface area (Å²) in [6.45, 7) is 8.06. The van der Waals surface area contributed by atoms with Gasteiger partial charge in [-0.1, -0.05) is 0 Å². The first-order valence-electron chi connectivity index (χ1n) is 7.35. The Morgan fingerprint density at radius 1 is 1.19 bits per heavy atom. The van der Waals surface area contributed by atoms with Crippen molar-refractivity contribution in [2.24, 2.45) is 0 Å². The summed E-state index contributed by atoms with van der Waals surface area (Å²) in [7, 11) is 0. The molecule has 0 saturated heterocycles. The summed E-state index contributed by atoms with van der Waals surface area (Å²) in [6.07, 6.45) is 0.606. The molecule has 0 unspecified atom stereocenters. The molecule has 0 fully saturated rings. The molecule has 1 rings (SSSR count). The Balaban J connectivity index is 2.64. The number of amides is 1. The molecular formula is C16H24N2O3. The molecule has 0 saturated carbocycles. The van der Waals surface area contributed by atoms with Gasteiger partial charge < -0.3 is 15.3 Å². The maximum absolute atomic E-state index is 11.8. The van der Waals surface area contributed by atoms with Crippen molar-refractivity contribution in [1.29, 1.82) is 0 Å². The van der Waals surface area contributed by atoms with Crippen LogP contribution < -0.4 is 10.2 Å². The number of rotatable bonds is 8.